The number of amides is 1. The summed E-state index contributed by atoms with van der Waals surface area (Å²) in [5.74, 6) is 0.387. The number of hydrogen-bond donors (Lipinski definition) is 2. The van der Waals surface area contributed by atoms with Crippen molar-refractivity contribution in [2.45, 2.75) is 12.5 Å². The van der Waals surface area contributed by atoms with Crippen LogP contribution < -0.4 is 5.32 Å². The molecule has 0 saturated heterocycles. The lowest BCUT2D eigenvalue weighted by molar-refractivity contribution is 0.0557. The summed E-state index contributed by atoms with van der Waals surface area (Å²) in [5.41, 5.74) is 0.288. The van der Waals surface area contributed by atoms with E-state index in [9.17, 15) is 9.90 Å². The smallest absolute Gasteiger partial charge is 0.251 e. The molecule has 6 nitrogen and oxygen atoms in total. The molecule has 2 heterocycles. The molecule has 0 saturated carbocycles. The Hall–Kier alpha value is -2.51. The molecule has 3 aromatic rings. The lowest BCUT2D eigenvalue weighted by Gasteiger charge is -2.22. The highest BCUT2D eigenvalue weighted by molar-refractivity contribution is 7.10. The number of aromatic nitrogens is 3. The number of aryl methyl sites for hydroxylation is 1. The maximum Gasteiger partial charge on any atom is 0.251 e. The van der Waals surface area contributed by atoms with Crippen molar-refractivity contribution in [3.05, 3.63) is 58.5 Å². The molecule has 124 valence electrons. The van der Waals surface area contributed by atoms with Crippen molar-refractivity contribution in [2.24, 2.45) is 7.05 Å². The Kier molecular flexibility index (Phi) is 4.46. The molecule has 7 heteroatoms. The van der Waals surface area contributed by atoms with Crippen molar-refractivity contribution in [1.29, 1.82) is 0 Å². The average Bonchev–Trinajstić information content (AvgIpc) is 3.25. The van der Waals surface area contributed by atoms with Gasteiger partial charge in [0.2, 0.25) is 0 Å². The zero-order valence-corrected chi connectivity index (χ0v) is 14.2. The van der Waals surface area contributed by atoms with Crippen LogP contribution in [0.5, 0.6) is 0 Å². The summed E-state index contributed by atoms with van der Waals surface area (Å²) in [4.78, 5) is 17.3. The third kappa shape index (κ3) is 3.52. The number of hydrogen-bond acceptors (Lipinski definition) is 5. The maximum atomic E-state index is 12.3. The molecule has 0 fully saturated rings. The van der Waals surface area contributed by atoms with Crippen LogP contribution in [0.1, 0.15) is 22.2 Å². The van der Waals surface area contributed by atoms with Crippen LogP contribution in [0.2, 0.25) is 0 Å². The number of thiophene rings is 1. The number of aliphatic hydroxyl groups is 1. The van der Waals surface area contributed by atoms with Gasteiger partial charge in [0.15, 0.2) is 5.82 Å². The Labute approximate surface area is 143 Å². The molecule has 2 N–H and O–H groups in total. The van der Waals surface area contributed by atoms with Crippen LogP contribution in [0.3, 0.4) is 0 Å². The SMILES string of the molecule is Cn1cnc(-c2ccc(C(=O)NCC(C)(O)c3cccs3)cc2)n1. The van der Waals surface area contributed by atoms with E-state index in [0.29, 0.717) is 11.4 Å². The van der Waals surface area contributed by atoms with E-state index < -0.39 is 5.60 Å². The first-order valence-corrected chi connectivity index (χ1v) is 8.34. The van der Waals surface area contributed by atoms with Gasteiger partial charge in [0.1, 0.15) is 11.9 Å². The van der Waals surface area contributed by atoms with Crippen molar-refractivity contribution in [1.82, 2.24) is 20.1 Å². The molecule has 3 rings (SSSR count). The molecule has 0 radical (unpaired) electrons. The summed E-state index contributed by atoms with van der Waals surface area (Å²) in [7, 11) is 1.80. The number of nitrogens with one attached hydrogen (secondary N) is 1. The van der Waals surface area contributed by atoms with Crippen molar-refractivity contribution < 1.29 is 9.90 Å². The molecule has 0 aliphatic heterocycles. The number of benzene rings is 1. The zero-order valence-electron chi connectivity index (χ0n) is 13.4. The van der Waals surface area contributed by atoms with Gasteiger partial charge >= 0.3 is 0 Å². The van der Waals surface area contributed by atoms with Gasteiger partial charge in [-0.05, 0) is 30.5 Å². The summed E-state index contributed by atoms with van der Waals surface area (Å²) < 4.78 is 1.63. The minimum absolute atomic E-state index is 0.149. The third-order valence-corrected chi connectivity index (χ3v) is 4.77. The fourth-order valence-corrected chi connectivity index (χ4v) is 3.06. The van der Waals surface area contributed by atoms with Crippen molar-refractivity contribution >= 4 is 17.2 Å². The van der Waals surface area contributed by atoms with Gasteiger partial charge in [-0.25, -0.2) is 4.98 Å². The van der Waals surface area contributed by atoms with Crippen LogP contribution in [0.25, 0.3) is 11.4 Å². The first kappa shape index (κ1) is 16.4. The molecule has 1 atom stereocenters. The monoisotopic (exact) mass is 342 g/mol. The minimum Gasteiger partial charge on any atom is -0.383 e. The first-order valence-electron chi connectivity index (χ1n) is 7.46. The Morgan fingerprint density at radius 2 is 2.08 bits per heavy atom. The molecule has 0 aliphatic rings. The van der Waals surface area contributed by atoms with Crippen molar-refractivity contribution in [3.8, 4) is 11.4 Å². The Morgan fingerprint density at radius 1 is 1.33 bits per heavy atom. The summed E-state index contributed by atoms with van der Waals surface area (Å²) >= 11 is 1.46. The van der Waals surface area contributed by atoms with Gasteiger partial charge in [-0.15, -0.1) is 11.3 Å². The Morgan fingerprint density at radius 3 is 2.67 bits per heavy atom. The van der Waals surface area contributed by atoms with E-state index in [-0.39, 0.29) is 12.5 Å². The molecular formula is C17H18N4O2S. The second-order valence-corrected chi connectivity index (χ2v) is 6.70. The van der Waals surface area contributed by atoms with E-state index in [1.165, 1.54) is 11.3 Å². The third-order valence-electron chi connectivity index (χ3n) is 3.65. The summed E-state index contributed by atoms with van der Waals surface area (Å²) in [6.07, 6.45) is 1.63. The van der Waals surface area contributed by atoms with Crippen LogP contribution in [0, 0.1) is 0 Å². The van der Waals surface area contributed by atoms with Gasteiger partial charge in [-0.2, -0.15) is 5.10 Å². The molecule has 0 bridgehead atoms. The molecule has 1 aromatic carbocycles. The zero-order chi connectivity index (χ0) is 17.2. The Balaban J connectivity index is 1.65. The second-order valence-electron chi connectivity index (χ2n) is 5.75. The van der Waals surface area contributed by atoms with E-state index in [2.05, 4.69) is 15.4 Å². The highest BCUT2D eigenvalue weighted by Gasteiger charge is 2.25. The van der Waals surface area contributed by atoms with E-state index in [1.807, 2.05) is 29.6 Å². The van der Waals surface area contributed by atoms with E-state index in [4.69, 9.17) is 0 Å². The maximum absolute atomic E-state index is 12.3. The standard InChI is InChI=1S/C17H18N4O2S/c1-17(23,14-4-3-9-24-14)10-18-16(22)13-7-5-12(6-8-13)15-19-11-21(2)20-15/h3-9,11,23H,10H2,1-2H3,(H,18,22). The largest absolute Gasteiger partial charge is 0.383 e. The fraction of sp³-hybridized carbons (Fsp3) is 0.235. The van der Waals surface area contributed by atoms with Crippen LogP contribution in [-0.2, 0) is 12.6 Å². The summed E-state index contributed by atoms with van der Waals surface area (Å²) in [5, 5.41) is 19.3. The molecule has 1 amide bonds. The highest BCUT2D eigenvalue weighted by atomic mass is 32.1. The molecular weight excluding hydrogens is 324 g/mol. The van der Waals surface area contributed by atoms with E-state index >= 15 is 0 Å². The van der Waals surface area contributed by atoms with Crippen LogP contribution in [-0.4, -0.2) is 32.3 Å². The van der Waals surface area contributed by atoms with Gasteiger partial charge in [-0.3, -0.25) is 9.48 Å². The number of nitrogens with zero attached hydrogens (tertiary/aromatic N) is 3. The lowest BCUT2D eigenvalue weighted by Crippen LogP contribution is -2.38. The second kappa shape index (κ2) is 6.54. The number of rotatable bonds is 5. The number of carbonyl (C=O) groups is 1. The van der Waals surface area contributed by atoms with Crippen LogP contribution >= 0.6 is 11.3 Å². The van der Waals surface area contributed by atoms with Crippen LogP contribution in [0.15, 0.2) is 48.1 Å². The quantitative estimate of drug-likeness (QED) is 0.745. The van der Waals surface area contributed by atoms with E-state index in [0.717, 1.165) is 10.4 Å². The Bertz CT molecular complexity index is 823. The predicted molar refractivity (Wildman–Crippen MR) is 92.7 cm³/mol. The van der Waals surface area contributed by atoms with Gasteiger partial charge in [0, 0.05) is 23.1 Å². The van der Waals surface area contributed by atoms with Gasteiger partial charge < -0.3 is 10.4 Å². The number of carbonyl (C=O) groups excluding carboxylic acids is 1. The molecule has 24 heavy (non-hydrogen) atoms. The van der Waals surface area contributed by atoms with Gasteiger partial charge in [0.25, 0.3) is 5.91 Å². The van der Waals surface area contributed by atoms with Crippen LogP contribution in [0.4, 0.5) is 0 Å². The lowest BCUT2D eigenvalue weighted by atomic mass is 10.0. The minimum atomic E-state index is -1.08. The van der Waals surface area contributed by atoms with Crippen molar-refractivity contribution in [2.75, 3.05) is 6.54 Å². The summed E-state index contributed by atoms with van der Waals surface area (Å²) in [6.45, 7) is 1.84. The summed E-state index contributed by atoms with van der Waals surface area (Å²) in [6, 6.07) is 10.8. The van der Waals surface area contributed by atoms with Crippen molar-refractivity contribution in [3.63, 3.8) is 0 Å². The molecule has 1 unspecified atom stereocenters. The van der Waals surface area contributed by atoms with Gasteiger partial charge in [0.05, 0.1) is 6.54 Å². The van der Waals surface area contributed by atoms with Gasteiger partial charge in [-0.1, -0.05) is 18.2 Å². The first-order chi connectivity index (χ1) is 11.5. The molecule has 0 aliphatic carbocycles. The topological polar surface area (TPSA) is 80.0 Å². The highest BCUT2D eigenvalue weighted by Crippen LogP contribution is 2.24. The molecule has 0 spiro atoms. The normalized spacial score (nSPS) is 13.5. The molecule has 2 aromatic heterocycles. The fourth-order valence-electron chi connectivity index (χ4n) is 2.27. The predicted octanol–water partition coefficient (Wildman–Crippen LogP) is 2.18. The van der Waals surface area contributed by atoms with E-state index in [1.54, 1.807) is 37.1 Å². The average molecular weight is 342 g/mol.